The Bertz CT molecular complexity index is 698. The molecule has 0 radical (unpaired) electrons. The van der Waals surface area contributed by atoms with Gasteiger partial charge in [-0.15, -0.1) is 11.3 Å². The van der Waals surface area contributed by atoms with E-state index in [-0.39, 0.29) is 5.91 Å². The molecule has 0 spiro atoms. The molecule has 0 aliphatic carbocycles. The van der Waals surface area contributed by atoms with Gasteiger partial charge in [0.15, 0.2) is 0 Å². The molecule has 2 aromatic rings. The van der Waals surface area contributed by atoms with Crippen LogP contribution in [0.5, 0.6) is 0 Å². The van der Waals surface area contributed by atoms with Crippen LogP contribution in [0.4, 0.5) is 5.69 Å². The number of halogens is 1. The summed E-state index contributed by atoms with van der Waals surface area (Å²) in [6.45, 7) is 5.58. The summed E-state index contributed by atoms with van der Waals surface area (Å²) in [5, 5.41) is 5.15. The molecule has 1 aromatic carbocycles. The van der Waals surface area contributed by atoms with Crippen LogP contribution in [0.25, 0.3) is 0 Å². The molecule has 3 rings (SSSR count). The zero-order chi connectivity index (χ0) is 15.7. The van der Waals surface area contributed by atoms with E-state index in [4.69, 9.17) is 0 Å². The van der Waals surface area contributed by atoms with Gasteiger partial charge in [0, 0.05) is 21.9 Å². The molecule has 1 N–H and O–H groups in total. The molecule has 0 saturated carbocycles. The quantitative estimate of drug-likeness (QED) is 0.859. The van der Waals surface area contributed by atoms with Gasteiger partial charge < -0.3 is 5.32 Å². The second kappa shape index (κ2) is 6.52. The Kier molecular flexibility index (Phi) is 4.66. The maximum atomic E-state index is 12.3. The molecule has 116 valence electrons. The number of anilines is 1. The summed E-state index contributed by atoms with van der Waals surface area (Å²) in [7, 11) is 0. The van der Waals surface area contributed by atoms with E-state index in [1.54, 1.807) is 0 Å². The molecule has 1 aromatic heterocycles. The highest BCUT2D eigenvalue weighted by atomic mass is 79.9. The first kappa shape index (κ1) is 15.7. The molecule has 22 heavy (non-hydrogen) atoms. The monoisotopic (exact) mass is 378 g/mol. The van der Waals surface area contributed by atoms with Crippen molar-refractivity contribution in [1.29, 1.82) is 0 Å². The molecule has 1 amide bonds. The van der Waals surface area contributed by atoms with Crippen molar-refractivity contribution in [2.45, 2.75) is 26.3 Å². The van der Waals surface area contributed by atoms with E-state index in [2.05, 4.69) is 44.5 Å². The number of aryl methyl sites for hydroxylation is 1. The second-order valence-corrected chi connectivity index (χ2v) is 7.58. The van der Waals surface area contributed by atoms with Crippen LogP contribution in [-0.2, 0) is 11.2 Å². The van der Waals surface area contributed by atoms with Crippen LogP contribution < -0.4 is 5.32 Å². The molecule has 1 atom stereocenters. The van der Waals surface area contributed by atoms with Crippen molar-refractivity contribution in [2.75, 3.05) is 18.4 Å². The van der Waals surface area contributed by atoms with E-state index >= 15 is 0 Å². The van der Waals surface area contributed by atoms with Crippen LogP contribution in [0.2, 0.25) is 0 Å². The number of rotatable bonds is 3. The summed E-state index contributed by atoms with van der Waals surface area (Å²) in [5.74, 6) is 0.0371. The normalized spacial score (nSPS) is 18.0. The Morgan fingerprint density at radius 2 is 2.27 bits per heavy atom. The Balaban J connectivity index is 1.65. The highest BCUT2D eigenvalue weighted by molar-refractivity contribution is 9.10. The van der Waals surface area contributed by atoms with Gasteiger partial charge in [0.05, 0.1) is 12.2 Å². The Hall–Kier alpha value is -1.17. The van der Waals surface area contributed by atoms with Crippen LogP contribution >= 0.6 is 27.3 Å². The molecule has 0 saturated heterocycles. The molecule has 1 aliphatic rings. The van der Waals surface area contributed by atoms with Gasteiger partial charge in [-0.3, -0.25) is 9.69 Å². The summed E-state index contributed by atoms with van der Waals surface area (Å²) in [5.41, 5.74) is 3.37. The Labute approximate surface area is 143 Å². The summed E-state index contributed by atoms with van der Waals surface area (Å²) in [6.07, 6.45) is 1.04. The van der Waals surface area contributed by atoms with Gasteiger partial charge in [0.25, 0.3) is 0 Å². The van der Waals surface area contributed by atoms with Crippen molar-refractivity contribution >= 4 is 38.9 Å². The minimum atomic E-state index is 0.0371. The average Bonchev–Trinajstić information content (AvgIpc) is 2.94. The smallest absolute Gasteiger partial charge is 0.238 e. The highest BCUT2D eigenvalue weighted by Crippen LogP contribution is 2.32. The minimum absolute atomic E-state index is 0.0371. The number of nitrogens with one attached hydrogen (secondary N) is 1. The lowest BCUT2D eigenvalue weighted by Crippen LogP contribution is -2.39. The number of fused-ring (bicyclic) bond motifs is 1. The number of carbonyl (C=O) groups excluding carboxylic acids is 1. The van der Waals surface area contributed by atoms with Crippen LogP contribution in [0, 0.1) is 6.92 Å². The largest absolute Gasteiger partial charge is 0.324 e. The van der Waals surface area contributed by atoms with Gasteiger partial charge >= 0.3 is 0 Å². The molecule has 2 heterocycles. The first-order valence-electron chi connectivity index (χ1n) is 7.41. The fraction of sp³-hybridized carbons (Fsp3) is 0.353. The van der Waals surface area contributed by atoms with Crippen LogP contribution in [0.3, 0.4) is 0 Å². The van der Waals surface area contributed by atoms with Crippen molar-refractivity contribution < 1.29 is 4.79 Å². The van der Waals surface area contributed by atoms with Crippen molar-refractivity contribution in [1.82, 2.24) is 4.90 Å². The summed E-state index contributed by atoms with van der Waals surface area (Å²) >= 11 is 5.32. The Morgan fingerprint density at radius 1 is 1.45 bits per heavy atom. The molecule has 3 nitrogen and oxygen atoms in total. The first-order chi connectivity index (χ1) is 10.5. The topological polar surface area (TPSA) is 32.3 Å². The number of thiophene rings is 1. The summed E-state index contributed by atoms with van der Waals surface area (Å²) in [4.78, 5) is 16.0. The van der Waals surface area contributed by atoms with Crippen molar-refractivity contribution in [2.24, 2.45) is 0 Å². The van der Waals surface area contributed by atoms with E-state index in [0.29, 0.717) is 12.6 Å². The predicted molar refractivity (Wildman–Crippen MR) is 95.5 cm³/mol. The fourth-order valence-electron chi connectivity index (χ4n) is 2.87. The van der Waals surface area contributed by atoms with E-state index in [1.165, 1.54) is 16.0 Å². The number of amides is 1. The van der Waals surface area contributed by atoms with Gasteiger partial charge in [-0.1, -0.05) is 6.07 Å². The Morgan fingerprint density at radius 3 is 3.05 bits per heavy atom. The second-order valence-electron chi connectivity index (χ2n) is 5.73. The molecular weight excluding hydrogens is 360 g/mol. The lowest BCUT2D eigenvalue weighted by Gasteiger charge is -2.32. The van der Waals surface area contributed by atoms with E-state index < -0.39 is 0 Å². The number of nitrogens with zero attached hydrogens (tertiary/aromatic N) is 1. The van der Waals surface area contributed by atoms with Crippen LogP contribution in [-0.4, -0.2) is 23.9 Å². The third kappa shape index (κ3) is 3.26. The van der Waals surface area contributed by atoms with Gasteiger partial charge in [-0.05, 0) is 70.9 Å². The van der Waals surface area contributed by atoms with Gasteiger partial charge in [0.1, 0.15) is 0 Å². The lowest BCUT2D eigenvalue weighted by atomic mass is 10.0. The predicted octanol–water partition coefficient (Wildman–Crippen LogP) is 4.38. The molecule has 0 fully saturated rings. The SMILES string of the molecule is Cc1ccc(NC(=O)CN2CCc3sccc3[C@@H]2C)c(Br)c1. The lowest BCUT2D eigenvalue weighted by molar-refractivity contribution is -0.117. The summed E-state index contributed by atoms with van der Waals surface area (Å²) in [6, 6.07) is 8.44. The number of carbonyl (C=O) groups is 1. The zero-order valence-corrected chi connectivity index (χ0v) is 15.1. The maximum absolute atomic E-state index is 12.3. The van der Waals surface area contributed by atoms with Gasteiger partial charge in [-0.25, -0.2) is 0 Å². The third-order valence-corrected chi connectivity index (χ3v) is 5.80. The van der Waals surface area contributed by atoms with E-state index in [1.807, 2.05) is 36.5 Å². The molecule has 1 aliphatic heterocycles. The van der Waals surface area contributed by atoms with Gasteiger partial charge in [-0.2, -0.15) is 0 Å². The highest BCUT2D eigenvalue weighted by Gasteiger charge is 2.26. The number of benzene rings is 1. The molecule has 5 heteroatoms. The molecule has 0 bridgehead atoms. The summed E-state index contributed by atoms with van der Waals surface area (Å²) < 4.78 is 0.924. The maximum Gasteiger partial charge on any atom is 0.238 e. The fourth-order valence-corrected chi connectivity index (χ4v) is 4.43. The molecule has 0 unspecified atom stereocenters. The molecular formula is C17H19BrN2OS. The van der Waals surface area contributed by atoms with E-state index in [9.17, 15) is 4.79 Å². The zero-order valence-electron chi connectivity index (χ0n) is 12.7. The third-order valence-electron chi connectivity index (χ3n) is 4.15. The van der Waals surface area contributed by atoms with Crippen molar-refractivity contribution in [3.8, 4) is 0 Å². The number of hydrogen-bond donors (Lipinski definition) is 1. The average molecular weight is 379 g/mol. The first-order valence-corrected chi connectivity index (χ1v) is 9.08. The van der Waals surface area contributed by atoms with Crippen LogP contribution in [0.15, 0.2) is 34.1 Å². The van der Waals surface area contributed by atoms with E-state index in [0.717, 1.165) is 23.1 Å². The van der Waals surface area contributed by atoms with Gasteiger partial charge in [0.2, 0.25) is 5.91 Å². The number of hydrogen-bond acceptors (Lipinski definition) is 3. The standard InChI is InChI=1S/C17H19BrN2OS/c1-11-3-4-15(14(18)9-11)19-17(21)10-20-7-5-16-13(12(20)2)6-8-22-16/h3-4,6,8-9,12H,5,7,10H2,1-2H3,(H,19,21)/t12-/m0/s1. The van der Waals surface area contributed by atoms with Crippen molar-refractivity contribution in [3.63, 3.8) is 0 Å². The van der Waals surface area contributed by atoms with Crippen molar-refractivity contribution in [3.05, 3.63) is 50.1 Å². The minimum Gasteiger partial charge on any atom is -0.324 e. The van der Waals surface area contributed by atoms with Crippen LogP contribution in [0.1, 0.15) is 29.0 Å².